The Morgan fingerprint density at radius 3 is 2.02 bits per heavy atom. The highest BCUT2D eigenvalue weighted by molar-refractivity contribution is 9.10. The van der Waals surface area contributed by atoms with Crippen LogP contribution in [0.15, 0.2) is 119 Å². The number of nitro benzene ring substituents is 1. The molecular formula is C34H35BrN4O6S. The lowest BCUT2D eigenvalue weighted by Gasteiger charge is -2.35. The second-order valence-corrected chi connectivity index (χ2v) is 14.5. The molecule has 240 valence electrons. The number of nitrogens with zero attached hydrogens (tertiary/aromatic N) is 3. The van der Waals surface area contributed by atoms with E-state index >= 15 is 0 Å². The first kappa shape index (κ1) is 34.3. The summed E-state index contributed by atoms with van der Waals surface area (Å²) in [4.78, 5) is 40.5. The van der Waals surface area contributed by atoms with Crippen molar-refractivity contribution in [1.82, 2.24) is 10.2 Å². The number of benzene rings is 4. The van der Waals surface area contributed by atoms with Gasteiger partial charge in [-0.2, -0.15) is 0 Å². The van der Waals surface area contributed by atoms with Crippen molar-refractivity contribution in [2.45, 2.75) is 50.2 Å². The SMILES string of the molecule is CC(C)(C)NC(=O)[C@@H](Cc1ccccc1)N(Cc1cccc(Br)c1)C(=O)CN(c1ccc([N+](=O)[O-])cc1)S(=O)(=O)c1ccccc1. The van der Waals surface area contributed by atoms with Crippen molar-refractivity contribution < 1.29 is 22.9 Å². The fourth-order valence-electron chi connectivity index (χ4n) is 4.83. The van der Waals surface area contributed by atoms with Gasteiger partial charge in [-0.1, -0.05) is 76.6 Å². The van der Waals surface area contributed by atoms with Gasteiger partial charge in [-0.15, -0.1) is 0 Å². The number of hydrogen-bond donors (Lipinski definition) is 1. The van der Waals surface area contributed by atoms with E-state index in [0.29, 0.717) is 0 Å². The maximum atomic E-state index is 14.5. The monoisotopic (exact) mass is 706 g/mol. The fraction of sp³-hybridized carbons (Fsp3) is 0.235. The predicted molar refractivity (Wildman–Crippen MR) is 181 cm³/mol. The van der Waals surface area contributed by atoms with Crippen molar-refractivity contribution in [3.05, 3.63) is 135 Å². The van der Waals surface area contributed by atoms with Crippen LogP contribution in [0.2, 0.25) is 0 Å². The first-order valence-electron chi connectivity index (χ1n) is 14.5. The molecule has 1 N–H and O–H groups in total. The van der Waals surface area contributed by atoms with E-state index in [1.54, 1.807) is 18.2 Å². The Labute approximate surface area is 277 Å². The van der Waals surface area contributed by atoms with Crippen LogP contribution in [-0.4, -0.2) is 48.2 Å². The van der Waals surface area contributed by atoms with E-state index in [-0.39, 0.29) is 29.2 Å². The van der Waals surface area contributed by atoms with Gasteiger partial charge >= 0.3 is 0 Å². The average Bonchev–Trinajstić information content (AvgIpc) is 3.01. The van der Waals surface area contributed by atoms with Crippen molar-refractivity contribution in [2.24, 2.45) is 0 Å². The van der Waals surface area contributed by atoms with Crippen molar-refractivity contribution in [3.8, 4) is 0 Å². The molecule has 0 unspecified atom stereocenters. The third-order valence-corrected chi connectivity index (χ3v) is 9.25. The lowest BCUT2D eigenvalue weighted by Crippen LogP contribution is -2.56. The van der Waals surface area contributed by atoms with Gasteiger partial charge < -0.3 is 10.2 Å². The molecule has 0 aliphatic carbocycles. The molecule has 0 aliphatic heterocycles. The summed E-state index contributed by atoms with van der Waals surface area (Å²) in [5.41, 5.74) is 0.747. The van der Waals surface area contributed by atoms with Gasteiger partial charge in [0.2, 0.25) is 11.8 Å². The molecule has 0 radical (unpaired) electrons. The Morgan fingerprint density at radius 2 is 1.46 bits per heavy atom. The van der Waals surface area contributed by atoms with Crippen LogP contribution >= 0.6 is 15.9 Å². The summed E-state index contributed by atoms with van der Waals surface area (Å²) < 4.78 is 29.8. The van der Waals surface area contributed by atoms with Gasteiger partial charge in [0.25, 0.3) is 15.7 Å². The van der Waals surface area contributed by atoms with Crippen LogP contribution in [-0.2, 0) is 32.6 Å². The van der Waals surface area contributed by atoms with Gasteiger partial charge in [-0.05, 0) is 68.3 Å². The number of anilines is 1. The number of carbonyl (C=O) groups is 2. The molecule has 0 saturated carbocycles. The van der Waals surface area contributed by atoms with Crippen molar-refractivity contribution in [2.75, 3.05) is 10.8 Å². The Balaban J connectivity index is 1.82. The van der Waals surface area contributed by atoms with Gasteiger partial charge in [-0.25, -0.2) is 8.42 Å². The summed E-state index contributed by atoms with van der Waals surface area (Å²) in [6.07, 6.45) is 0.172. The van der Waals surface area contributed by atoms with Gasteiger partial charge in [-0.3, -0.25) is 24.0 Å². The molecule has 0 saturated heterocycles. The summed E-state index contributed by atoms with van der Waals surface area (Å²) in [7, 11) is -4.32. The Bertz CT molecular complexity index is 1780. The molecule has 12 heteroatoms. The molecule has 0 aromatic heterocycles. The first-order valence-corrected chi connectivity index (χ1v) is 16.7. The molecule has 4 aromatic rings. The fourth-order valence-corrected chi connectivity index (χ4v) is 6.71. The summed E-state index contributed by atoms with van der Waals surface area (Å²) in [6, 6.07) is 28.1. The molecule has 4 aromatic carbocycles. The number of amides is 2. The molecular weight excluding hydrogens is 672 g/mol. The van der Waals surface area contributed by atoms with Gasteiger partial charge in [0.15, 0.2) is 0 Å². The minimum atomic E-state index is -4.32. The number of nitrogens with one attached hydrogen (secondary N) is 1. The zero-order valence-corrected chi connectivity index (χ0v) is 28.1. The van der Waals surface area contributed by atoms with Crippen molar-refractivity contribution in [3.63, 3.8) is 0 Å². The highest BCUT2D eigenvalue weighted by Crippen LogP contribution is 2.27. The van der Waals surface area contributed by atoms with Crippen molar-refractivity contribution >= 4 is 49.1 Å². The van der Waals surface area contributed by atoms with E-state index in [4.69, 9.17) is 0 Å². The number of nitro groups is 1. The quantitative estimate of drug-likeness (QED) is 0.140. The second-order valence-electron chi connectivity index (χ2n) is 11.7. The molecule has 0 spiro atoms. The van der Waals surface area contributed by atoms with E-state index in [0.717, 1.165) is 19.9 Å². The number of carbonyl (C=O) groups excluding carboxylic acids is 2. The van der Waals surface area contributed by atoms with Crippen LogP contribution in [0.4, 0.5) is 11.4 Å². The van der Waals surface area contributed by atoms with E-state index in [1.807, 2.05) is 75.4 Å². The van der Waals surface area contributed by atoms with Crippen LogP contribution in [0.3, 0.4) is 0 Å². The zero-order valence-electron chi connectivity index (χ0n) is 25.7. The lowest BCUT2D eigenvalue weighted by atomic mass is 10.0. The Kier molecular flexibility index (Phi) is 11.0. The molecule has 10 nitrogen and oxygen atoms in total. The first-order chi connectivity index (χ1) is 21.7. The normalized spacial score (nSPS) is 12.2. The molecule has 46 heavy (non-hydrogen) atoms. The molecule has 0 aliphatic rings. The minimum absolute atomic E-state index is 0.00677. The van der Waals surface area contributed by atoms with Gasteiger partial charge in [0, 0.05) is 35.1 Å². The summed E-state index contributed by atoms with van der Waals surface area (Å²) in [5.74, 6) is -1.03. The average molecular weight is 708 g/mol. The van der Waals surface area contributed by atoms with E-state index < -0.39 is 44.9 Å². The largest absolute Gasteiger partial charge is 0.350 e. The maximum Gasteiger partial charge on any atom is 0.269 e. The van der Waals surface area contributed by atoms with E-state index in [2.05, 4.69) is 21.2 Å². The molecule has 4 rings (SSSR count). The van der Waals surface area contributed by atoms with Crippen LogP contribution in [0.25, 0.3) is 0 Å². The maximum absolute atomic E-state index is 14.5. The van der Waals surface area contributed by atoms with Crippen LogP contribution in [0.1, 0.15) is 31.9 Å². The van der Waals surface area contributed by atoms with Crippen LogP contribution in [0, 0.1) is 10.1 Å². The Hall–Kier alpha value is -4.55. The van der Waals surface area contributed by atoms with Gasteiger partial charge in [0.05, 0.1) is 15.5 Å². The molecule has 0 bridgehead atoms. The number of sulfonamides is 1. The molecule has 2 amide bonds. The topological polar surface area (TPSA) is 130 Å². The number of halogens is 1. The number of non-ortho nitro benzene ring substituents is 1. The number of rotatable bonds is 12. The molecule has 0 heterocycles. The smallest absolute Gasteiger partial charge is 0.269 e. The number of hydrogen-bond acceptors (Lipinski definition) is 6. The zero-order chi connectivity index (χ0) is 33.5. The van der Waals surface area contributed by atoms with Crippen molar-refractivity contribution in [1.29, 1.82) is 0 Å². The molecule has 1 atom stereocenters. The molecule has 0 fully saturated rings. The third-order valence-electron chi connectivity index (χ3n) is 6.97. The third kappa shape index (κ3) is 9.01. The van der Waals surface area contributed by atoms with Crippen LogP contribution in [0.5, 0.6) is 0 Å². The summed E-state index contributed by atoms with van der Waals surface area (Å²) >= 11 is 3.47. The van der Waals surface area contributed by atoms with E-state index in [9.17, 15) is 28.1 Å². The highest BCUT2D eigenvalue weighted by Gasteiger charge is 2.35. The predicted octanol–water partition coefficient (Wildman–Crippen LogP) is 6.11. The standard InChI is InChI=1S/C34H35BrN4O6S/c1-34(2,3)36-33(41)31(22-25-11-6-4-7-12-25)37(23-26-13-10-14-27(35)21-26)32(40)24-38(28-17-19-29(20-18-28)39(42)43)46(44,45)30-15-8-5-9-16-30/h4-21,31H,22-24H2,1-3H3,(H,36,41)/t31-/m1/s1. The summed E-state index contributed by atoms with van der Waals surface area (Å²) in [6.45, 7) is 4.86. The lowest BCUT2D eigenvalue weighted by molar-refractivity contribution is -0.384. The highest BCUT2D eigenvalue weighted by atomic mass is 79.9. The summed E-state index contributed by atoms with van der Waals surface area (Å²) in [5, 5.41) is 14.3. The van der Waals surface area contributed by atoms with Gasteiger partial charge in [0.1, 0.15) is 12.6 Å². The van der Waals surface area contributed by atoms with Crippen LogP contribution < -0.4 is 9.62 Å². The Morgan fingerprint density at radius 1 is 0.870 bits per heavy atom. The van der Waals surface area contributed by atoms with E-state index in [1.165, 1.54) is 41.3 Å². The minimum Gasteiger partial charge on any atom is -0.350 e. The second kappa shape index (κ2) is 14.7.